The Morgan fingerprint density at radius 3 is 2.67 bits per heavy atom. The molecule has 0 aromatic heterocycles. The van der Waals surface area contributed by atoms with Crippen molar-refractivity contribution in [3.8, 4) is 6.07 Å². The zero-order chi connectivity index (χ0) is 11.7. The lowest BCUT2D eigenvalue weighted by Crippen LogP contribution is -2.33. The normalized spacial score (nSPS) is 10.3. The van der Waals surface area contributed by atoms with Crippen LogP contribution in [0.5, 0.6) is 0 Å². The molecule has 0 saturated carbocycles. The van der Waals surface area contributed by atoms with Crippen LogP contribution >= 0.6 is 0 Å². The van der Waals surface area contributed by atoms with Gasteiger partial charge in [-0.3, -0.25) is 0 Å². The second-order valence-electron chi connectivity index (χ2n) is 2.73. The Morgan fingerprint density at radius 1 is 1.53 bits per heavy atom. The maximum absolute atomic E-state index is 11.0. The number of nitrogens with zero attached hydrogens (tertiary/aromatic N) is 1. The molecular formula is C9H13N3O3. The number of hydrogen-bond acceptors (Lipinski definition) is 3. The van der Waals surface area contributed by atoms with Gasteiger partial charge in [-0.2, -0.15) is 5.26 Å². The van der Waals surface area contributed by atoms with Crippen LogP contribution in [0.2, 0.25) is 0 Å². The van der Waals surface area contributed by atoms with E-state index in [0.29, 0.717) is 6.54 Å². The average Bonchev–Trinajstić information content (AvgIpc) is 2.18. The monoisotopic (exact) mass is 211 g/mol. The number of carboxylic acids is 1. The van der Waals surface area contributed by atoms with Crippen LogP contribution in [0.1, 0.15) is 19.8 Å². The number of carbonyl (C=O) groups is 2. The van der Waals surface area contributed by atoms with Gasteiger partial charge in [-0.15, -0.1) is 0 Å². The summed E-state index contributed by atoms with van der Waals surface area (Å²) in [6.45, 7) is 2.50. The van der Waals surface area contributed by atoms with Crippen molar-refractivity contribution < 1.29 is 14.7 Å². The zero-order valence-corrected chi connectivity index (χ0v) is 8.41. The third-order valence-electron chi connectivity index (χ3n) is 1.51. The fourth-order valence-electron chi connectivity index (χ4n) is 0.709. The van der Waals surface area contributed by atoms with E-state index in [0.717, 1.165) is 19.0 Å². The molecule has 82 valence electrons. The summed E-state index contributed by atoms with van der Waals surface area (Å²) in [5.74, 6) is -1.37. The Labute approximate surface area is 87.6 Å². The largest absolute Gasteiger partial charge is 0.477 e. The van der Waals surface area contributed by atoms with E-state index in [1.807, 2.05) is 6.92 Å². The lowest BCUT2D eigenvalue weighted by Gasteiger charge is -2.02. The van der Waals surface area contributed by atoms with E-state index in [1.54, 1.807) is 0 Å². The van der Waals surface area contributed by atoms with Gasteiger partial charge in [0.25, 0.3) is 0 Å². The molecule has 0 aliphatic heterocycles. The number of carbonyl (C=O) groups excluding carboxylic acids is 1. The molecule has 0 rings (SSSR count). The van der Waals surface area contributed by atoms with Crippen molar-refractivity contribution >= 4 is 12.0 Å². The first kappa shape index (κ1) is 13.0. The standard InChI is InChI=1S/C9H13N3O3/c1-2-3-4-11-9(15)12-6-7(5-10)8(13)14/h6H,2-4H2,1H3,(H,13,14)(H2,11,12,15)/b7-6+. The summed E-state index contributed by atoms with van der Waals surface area (Å²) >= 11 is 0. The van der Waals surface area contributed by atoms with Crippen molar-refractivity contribution in [3.05, 3.63) is 11.8 Å². The summed E-state index contributed by atoms with van der Waals surface area (Å²) < 4.78 is 0. The number of carboxylic acid groups (broad SMARTS) is 1. The van der Waals surface area contributed by atoms with E-state index < -0.39 is 17.6 Å². The van der Waals surface area contributed by atoms with Gasteiger partial charge in [-0.05, 0) is 6.42 Å². The maximum Gasteiger partial charge on any atom is 0.347 e. The Kier molecular flexibility index (Phi) is 6.38. The third-order valence-corrected chi connectivity index (χ3v) is 1.51. The van der Waals surface area contributed by atoms with E-state index in [-0.39, 0.29) is 0 Å². The van der Waals surface area contributed by atoms with Crippen LogP contribution in [0.15, 0.2) is 11.8 Å². The first-order chi connectivity index (χ1) is 7.11. The summed E-state index contributed by atoms with van der Waals surface area (Å²) in [6.07, 6.45) is 2.67. The predicted molar refractivity (Wildman–Crippen MR) is 52.8 cm³/mol. The van der Waals surface area contributed by atoms with Gasteiger partial charge in [0, 0.05) is 12.7 Å². The molecule has 0 aliphatic rings. The highest BCUT2D eigenvalue weighted by atomic mass is 16.4. The number of unbranched alkanes of at least 4 members (excludes halogenated alkanes) is 1. The van der Waals surface area contributed by atoms with Crippen LogP contribution in [0.3, 0.4) is 0 Å². The Bertz CT molecular complexity index is 304. The van der Waals surface area contributed by atoms with Crippen molar-refractivity contribution in [2.45, 2.75) is 19.8 Å². The Hall–Kier alpha value is -2.03. The van der Waals surface area contributed by atoms with Crippen LogP contribution in [-0.2, 0) is 4.79 Å². The van der Waals surface area contributed by atoms with Crippen LogP contribution < -0.4 is 10.6 Å². The number of amides is 2. The molecule has 3 N–H and O–H groups in total. The summed E-state index contributed by atoms with van der Waals surface area (Å²) in [5.41, 5.74) is -0.513. The molecule has 0 unspecified atom stereocenters. The fourth-order valence-corrected chi connectivity index (χ4v) is 0.709. The first-order valence-corrected chi connectivity index (χ1v) is 4.49. The molecule has 6 heteroatoms. The van der Waals surface area contributed by atoms with E-state index in [2.05, 4.69) is 10.6 Å². The molecular weight excluding hydrogens is 198 g/mol. The first-order valence-electron chi connectivity index (χ1n) is 4.49. The molecule has 2 amide bonds. The number of hydrogen-bond donors (Lipinski definition) is 3. The molecule has 0 aromatic carbocycles. The van der Waals surface area contributed by atoms with Gasteiger partial charge >= 0.3 is 12.0 Å². The molecule has 15 heavy (non-hydrogen) atoms. The predicted octanol–water partition coefficient (Wildman–Crippen LogP) is 0.578. The minimum atomic E-state index is -1.37. The van der Waals surface area contributed by atoms with Gasteiger partial charge in [0.1, 0.15) is 6.07 Å². The molecule has 0 spiro atoms. The smallest absolute Gasteiger partial charge is 0.347 e. The summed E-state index contributed by atoms with van der Waals surface area (Å²) in [7, 11) is 0. The molecule has 0 bridgehead atoms. The van der Waals surface area contributed by atoms with Crippen molar-refractivity contribution in [2.75, 3.05) is 6.54 Å². The lowest BCUT2D eigenvalue weighted by molar-refractivity contribution is -0.132. The SMILES string of the molecule is CCCCNC(=O)N/C=C(\C#N)C(=O)O. The maximum atomic E-state index is 11.0. The highest BCUT2D eigenvalue weighted by molar-refractivity contribution is 5.91. The summed E-state index contributed by atoms with van der Waals surface area (Å²) in [4.78, 5) is 21.3. The minimum Gasteiger partial charge on any atom is -0.477 e. The van der Waals surface area contributed by atoms with Gasteiger partial charge in [0.15, 0.2) is 5.57 Å². The van der Waals surface area contributed by atoms with E-state index in [9.17, 15) is 9.59 Å². The van der Waals surface area contributed by atoms with E-state index in [1.165, 1.54) is 6.07 Å². The number of aliphatic carboxylic acids is 1. The highest BCUT2D eigenvalue weighted by Crippen LogP contribution is 1.88. The lowest BCUT2D eigenvalue weighted by atomic mass is 10.3. The molecule has 6 nitrogen and oxygen atoms in total. The molecule has 0 atom stereocenters. The summed E-state index contributed by atoms with van der Waals surface area (Å²) in [6, 6.07) is 0.927. The third kappa shape index (κ3) is 6.10. The number of nitriles is 1. The number of urea groups is 1. The van der Waals surface area contributed by atoms with Crippen LogP contribution in [0, 0.1) is 11.3 Å². The Balaban J connectivity index is 3.98. The quantitative estimate of drug-likeness (QED) is 0.351. The molecule has 0 saturated heterocycles. The van der Waals surface area contributed by atoms with Crippen molar-refractivity contribution in [1.82, 2.24) is 10.6 Å². The second kappa shape index (κ2) is 7.38. The second-order valence-corrected chi connectivity index (χ2v) is 2.73. The van der Waals surface area contributed by atoms with Crippen LogP contribution in [-0.4, -0.2) is 23.7 Å². The van der Waals surface area contributed by atoms with Gasteiger partial charge < -0.3 is 15.7 Å². The van der Waals surface area contributed by atoms with Gasteiger partial charge in [0.05, 0.1) is 0 Å². The van der Waals surface area contributed by atoms with Gasteiger partial charge in [-0.1, -0.05) is 13.3 Å². The number of rotatable bonds is 5. The zero-order valence-electron chi connectivity index (χ0n) is 8.41. The average molecular weight is 211 g/mol. The van der Waals surface area contributed by atoms with Crippen LogP contribution in [0.4, 0.5) is 4.79 Å². The van der Waals surface area contributed by atoms with Crippen molar-refractivity contribution in [2.24, 2.45) is 0 Å². The van der Waals surface area contributed by atoms with Gasteiger partial charge in [0.2, 0.25) is 0 Å². The van der Waals surface area contributed by atoms with Crippen LogP contribution in [0.25, 0.3) is 0 Å². The van der Waals surface area contributed by atoms with Crippen molar-refractivity contribution in [1.29, 1.82) is 5.26 Å². The number of nitrogens with one attached hydrogen (secondary N) is 2. The minimum absolute atomic E-state index is 0.513. The molecule has 0 radical (unpaired) electrons. The highest BCUT2D eigenvalue weighted by Gasteiger charge is 2.05. The molecule has 0 aliphatic carbocycles. The molecule has 0 aromatic rings. The van der Waals surface area contributed by atoms with Gasteiger partial charge in [-0.25, -0.2) is 9.59 Å². The molecule has 0 fully saturated rings. The fraction of sp³-hybridized carbons (Fsp3) is 0.444. The summed E-state index contributed by atoms with van der Waals surface area (Å²) in [5, 5.41) is 21.5. The van der Waals surface area contributed by atoms with Crippen molar-refractivity contribution in [3.63, 3.8) is 0 Å². The molecule has 0 heterocycles. The van der Waals surface area contributed by atoms with E-state index >= 15 is 0 Å². The topological polar surface area (TPSA) is 102 Å². The van der Waals surface area contributed by atoms with E-state index in [4.69, 9.17) is 10.4 Å². The Morgan fingerprint density at radius 2 is 2.20 bits per heavy atom.